The normalized spacial score (nSPS) is 15.2. The molecular formula is C22H39NO4. The van der Waals surface area contributed by atoms with Crippen molar-refractivity contribution in [3.63, 3.8) is 0 Å². The summed E-state index contributed by atoms with van der Waals surface area (Å²) in [4.78, 5) is 24.0. The third-order valence-electron chi connectivity index (χ3n) is 3.71. The second kappa shape index (κ2) is 13.2. The van der Waals surface area contributed by atoms with Crippen molar-refractivity contribution in [3.8, 4) is 5.75 Å². The van der Waals surface area contributed by atoms with Crippen molar-refractivity contribution < 1.29 is 20.5 Å². The summed E-state index contributed by atoms with van der Waals surface area (Å²) in [6, 6.07) is 7.01. The molecule has 2 saturated carbocycles. The summed E-state index contributed by atoms with van der Waals surface area (Å²) in [6.07, 6.45) is 3.82. The van der Waals surface area contributed by atoms with E-state index >= 15 is 0 Å². The smallest absolute Gasteiger partial charge is 0.331 e. The first-order valence-corrected chi connectivity index (χ1v) is 10.4. The largest absolute Gasteiger partial charge is 0.490 e. The molecule has 27 heavy (non-hydrogen) atoms. The zero-order chi connectivity index (χ0) is 20.9. The maximum absolute atomic E-state index is 12.2. The molecule has 0 radical (unpaired) electrons. The number of benzene rings is 1. The Labute approximate surface area is 166 Å². The van der Waals surface area contributed by atoms with Crippen LogP contribution >= 0.6 is 0 Å². The summed E-state index contributed by atoms with van der Waals surface area (Å²) in [7, 11) is 0. The fourth-order valence-corrected chi connectivity index (χ4v) is 2.13. The maximum atomic E-state index is 12.2. The van der Waals surface area contributed by atoms with Crippen LogP contribution in [0.2, 0.25) is 0 Å². The molecule has 0 saturated heterocycles. The van der Waals surface area contributed by atoms with E-state index in [0.29, 0.717) is 31.1 Å². The Morgan fingerprint density at radius 2 is 1.56 bits per heavy atom. The Bertz CT molecular complexity index is 552. The van der Waals surface area contributed by atoms with Gasteiger partial charge in [-0.1, -0.05) is 41.5 Å². The van der Waals surface area contributed by atoms with Gasteiger partial charge in [-0.2, -0.15) is 0 Å². The average Bonchev–Trinajstić information content (AvgIpc) is 3.65. The molecule has 0 spiro atoms. The van der Waals surface area contributed by atoms with E-state index in [4.69, 9.17) is 9.47 Å². The first-order chi connectivity index (χ1) is 13.1. The summed E-state index contributed by atoms with van der Waals surface area (Å²) >= 11 is 0. The number of carbonyl (C=O) groups excluding carboxylic acids is 2. The van der Waals surface area contributed by atoms with Gasteiger partial charge in [0, 0.05) is 6.99 Å². The number of amides is 1. The van der Waals surface area contributed by atoms with E-state index in [2.05, 4.69) is 5.32 Å². The molecule has 0 unspecified atom stereocenters. The maximum Gasteiger partial charge on any atom is 0.331 e. The SMILES string of the molecule is CC.CC.CC.CCOC(=O)C1(NC(=O)c2ccc(OC3CC3)cc2)CC1.[HH]. The number of ether oxygens (including phenoxy) is 2. The van der Waals surface area contributed by atoms with Crippen LogP contribution in [0.25, 0.3) is 0 Å². The third-order valence-corrected chi connectivity index (χ3v) is 3.71. The topological polar surface area (TPSA) is 64.6 Å². The Morgan fingerprint density at radius 1 is 1.04 bits per heavy atom. The van der Waals surface area contributed by atoms with E-state index in [1.165, 1.54) is 0 Å². The molecule has 0 heterocycles. The van der Waals surface area contributed by atoms with Gasteiger partial charge in [0.15, 0.2) is 0 Å². The molecule has 2 aliphatic carbocycles. The van der Waals surface area contributed by atoms with Crippen LogP contribution in [0.4, 0.5) is 0 Å². The molecule has 1 N–H and O–H groups in total. The molecule has 0 atom stereocenters. The minimum atomic E-state index is -0.809. The Kier molecular flexibility index (Phi) is 12.2. The van der Waals surface area contributed by atoms with Gasteiger partial charge in [-0.15, -0.1) is 0 Å². The molecule has 1 aromatic rings. The Balaban J connectivity index is 0. The second-order valence-electron chi connectivity index (χ2n) is 5.60. The monoisotopic (exact) mass is 381 g/mol. The van der Waals surface area contributed by atoms with Gasteiger partial charge in [0.05, 0.1) is 12.7 Å². The van der Waals surface area contributed by atoms with Gasteiger partial charge in [-0.3, -0.25) is 4.79 Å². The van der Waals surface area contributed by atoms with Gasteiger partial charge in [0.25, 0.3) is 5.91 Å². The van der Waals surface area contributed by atoms with Crippen molar-refractivity contribution in [3.05, 3.63) is 29.8 Å². The lowest BCUT2D eigenvalue weighted by Gasteiger charge is -2.16. The van der Waals surface area contributed by atoms with Gasteiger partial charge in [0.2, 0.25) is 0 Å². The molecule has 0 aromatic heterocycles. The number of nitrogens with one attached hydrogen (secondary N) is 1. The molecule has 156 valence electrons. The molecule has 5 nitrogen and oxygen atoms in total. The van der Waals surface area contributed by atoms with Gasteiger partial charge in [0.1, 0.15) is 11.3 Å². The van der Waals surface area contributed by atoms with Crippen molar-refractivity contribution in [1.29, 1.82) is 0 Å². The summed E-state index contributed by atoms with van der Waals surface area (Å²) in [6.45, 7) is 14.1. The third kappa shape index (κ3) is 8.02. The highest BCUT2D eigenvalue weighted by molar-refractivity contribution is 5.99. The first-order valence-electron chi connectivity index (χ1n) is 10.4. The Hall–Kier alpha value is -2.04. The number of esters is 1. The van der Waals surface area contributed by atoms with Gasteiger partial charge in [-0.05, 0) is 56.9 Å². The number of hydrogen-bond donors (Lipinski definition) is 1. The summed E-state index contributed by atoms with van der Waals surface area (Å²) < 4.78 is 10.6. The van der Waals surface area contributed by atoms with Crippen LogP contribution in [0.1, 0.15) is 85.9 Å². The van der Waals surface area contributed by atoms with Crippen molar-refractivity contribution in [2.45, 2.75) is 85.8 Å². The van der Waals surface area contributed by atoms with Gasteiger partial charge >= 0.3 is 5.97 Å². The second-order valence-corrected chi connectivity index (χ2v) is 5.60. The zero-order valence-electron chi connectivity index (χ0n) is 18.1. The van der Waals surface area contributed by atoms with Gasteiger partial charge < -0.3 is 14.8 Å². The van der Waals surface area contributed by atoms with E-state index < -0.39 is 5.54 Å². The molecule has 1 aromatic carbocycles. The fourth-order valence-electron chi connectivity index (χ4n) is 2.13. The van der Waals surface area contributed by atoms with E-state index in [1.54, 1.807) is 31.2 Å². The Morgan fingerprint density at radius 3 is 1.96 bits per heavy atom. The molecular weight excluding hydrogens is 342 g/mol. The summed E-state index contributed by atoms with van der Waals surface area (Å²) in [5.41, 5.74) is -0.287. The van der Waals surface area contributed by atoms with Crippen LogP contribution in [0.5, 0.6) is 5.75 Å². The van der Waals surface area contributed by atoms with Crippen molar-refractivity contribution in [2.75, 3.05) is 6.61 Å². The number of hydrogen-bond acceptors (Lipinski definition) is 4. The predicted octanol–water partition coefficient (Wildman–Crippen LogP) is 5.38. The van der Waals surface area contributed by atoms with E-state index in [1.807, 2.05) is 41.5 Å². The van der Waals surface area contributed by atoms with Crippen molar-refractivity contribution in [2.24, 2.45) is 0 Å². The lowest BCUT2D eigenvalue weighted by atomic mass is 10.1. The highest BCUT2D eigenvalue weighted by Gasteiger charge is 2.52. The predicted molar refractivity (Wildman–Crippen MR) is 112 cm³/mol. The first kappa shape index (κ1) is 25.0. The molecule has 0 aliphatic heterocycles. The summed E-state index contributed by atoms with van der Waals surface area (Å²) in [5, 5.41) is 2.79. The molecule has 1 amide bonds. The quantitative estimate of drug-likeness (QED) is 0.672. The number of carbonyl (C=O) groups is 2. The number of rotatable bonds is 6. The zero-order valence-corrected chi connectivity index (χ0v) is 18.1. The van der Waals surface area contributed by atoms with E-state index in [9.17, 15) is 9.59 Å². The molecule has 5 heteroatoms. The van der Waals surface area contributed by atoms with Crippen LogP contribution in [-0.2, 0) is 9.53 Å². The summed E-state index contributed by atoms with van der Waals surface area (Å²) in [5.74, 6) is 0.186. The molecule has 0 bridgehead atoms. The van der Waals surface area contributed by atoms with Crippen molar-refractivity contribution in [1.82, 2.24) is 5.32 Å². The van der Waals surface area contributed by atoms with E-state index in [-0.39, 0.29) is 13.3 Å². The minimum Gasteiger partial charge on any atom is -0.490 e. The molecule has 3 rings (SSSR count). The standard InChI is InChI=1S/C16H19NO4.3C2H6.H2/c1-2-20-15(19)16(9-10-16)17-14(18)11-3-5-12(6-4-11)21-13-7-8-13;3*1-2;/h3-6,13H,2,7-10H2,1H3,(H,17,18);3*1-2H3;1H. The highest BCUT2D eigenvalue weighted by atomic mass is 16.5. The fraction of sp³-hybridized carbons (Fsp3) is 0.636. The van der Waals surface area contributed by atoms with Gasteiger partial charge in [-0.25, -0.2) is 4.79 Å². The highest BCUT2D eigenvalue weighted by Crippen LogP contribution is 2.37. The van der Waals surface area contributed by atoms with Crippen LogP contribution in [0.3, 0.4) is 0 Å². The van der Waals surface area contributed by atoms with E-state index in [0.717, 1.165) is 18.6 Å². The van der Waals surface area contributed by atoms with Crippen LogP contribution in [-0.4, -0.2) is 30.1 Å². The van der Waals surface area contributed by atoms with Crippen LogP contribution in [0.15, 0.2) is 24.3 Å². The lowest BCUT2D eigenvalue weighted by molar-refractivity contribution is -0.146. The lowest BCUT2D eigenvalue weighted by Crippen LogP contribution is -2.44. The van der Waals surface area contributed by atoms with Crippen LogP contribution in [0, 0.1) is 0 Å². The minimum absolute atomic E-state index is 0. The van der Waals surface area contributed by atoms with Crippen LogP contribution < -0.4 is 10.1 Å². The molecule has 2 aliphatic rings. The van der Waals surface area contributed by atoms with Crippen molar-refractivity contribution >= 4 is 11.9 Å². The average molecular weight is 382 g/mol. The molecule has 2 fully saturated rings.